The van der Waals surface area contributed by atoms with Crippen molar-refractivity contribution in [2.75, 3.05) is 20.2 Å². The fourth-order valence-electron chi connectivity index (χ4n) is 2.36. The molecule has 2 unspecified atom stereocenters. The minimum absolute atomic E-state index is 0.0136. The zero-order valence-electron chi connectivity index (χ0n) is 11.4. The Kier molecular flexibility index (Phi) is 6.55. The Hall–Kier alpha value is -0.170. The lowest BCUT2D eigenvalue weighted by molar-refractivity contribution is 0.274. The van der Waals surface area contributed by atoms with Crippen molar-refractivity contribution in [1.82, 2.24) is 9.03 Å². The molecule has 1 rings (SSSR count). The monoisotopic (exact) mass is 278 g/mol. The van der Waals surface area contributed by atoms with Gasteiger partial charge < -0.3 is 5.11 Å². The topological polar surface area (TPSA) is 69.6 Å². The fraction of sp³-hybridized carbons (Fsp3) is 1.00. The summed E-state index contributed by atoms with van der Waals surface area (Å²) in [7, 11) is -1.85. The van der Waals surface area contributed by atoms with E-state index in [-0.39, 0.29) is 12.6 Å². The van der Waals surface area contributed by atoms with Gasteiger partial charge in [-0.15, -0.1) is 0 Å². The Labute approximate surface area is 111 Å². The van der Waals surface area contributed by atoms with E-state index in [9.17, 15) is 8.42 Å². The lowest BCUT2D eigenvalue weighted by atomic mass is 9.98. The van der Waals surface area contributed by atoms with Gasteiger partial charge >= 0.3 is 0 Å². The van der Waals surface area contributed by atoms with Gasteiger partial charge in [-0.3, -0.25) is 0 Å². The van der Waals surface area contributed by atoms with Crippen molar-refractivity contribution in [3.8, 4) is 0 Å². The molecule has 108 valence electrons. The van der Waals surface area contributed by atoms with Gasteiger partial charge in [-0.05, 0) is 25.2 Å². The zero-order chi connectivity index (χ0) is 13.6. The van der Waals surface area contributed by atoms with Gasteiger partial charge in [-0.2, -0.15) is 17.4 Å². The maximum Gasteiger partial charge on any atom is 0.279 e. The summed E-state index contributed by atoms with van der Waals surface area (Å²) in [4.78, 5) is 0. The zero-order valence-corrected chi connectivity index (χ0v) is 12.2. The van der Waals surface area contributed by atoms with Gasteiger partial charge in [0.25, 0.3) is 10.2 Å². The number of aliphatic hydroxyl groups is 1. The molecule has 5 nitrogen and oxygen atoms in total. The molecular formula is C12H26N2O3S. The average molecular weight is 278 g/mol. The van der Waals surface area contributed by atoms with Crippen LogP contribution in [0.3, 0.4) is 0 Å². The number of rotatable bonds is 6. The van der Waals surface area contributed by atoms with E-state index in [4.69, 9.17) is 5.11 Å². The molecule has 0 aromatic heterocycles. The van der Waals surface area contributed by atoms with Crippen LogP contribution < -0.4 is 4.72 Å². The number of hydrogen-bond acceptors (Lipinski definition) is 3. The van der Waals surface area contributed by atoms with E-state index in [2.05, 4.69) is 11.6 Å². The molecule has 0 spiro atoms. The Morgan fingerprint density at radius 2 is 1.94 bits per heavy atom. The molecule has 1 fully saturated rings. The highest BCUT2D eigenvalue weighted by molar-refractivity contribution is 7.87. The summed E-state index contributed by atoms with van der Waals surface area (Å²) in [6, 6.07) is 0.0501. The first-order valence-corrected chi connectivity index (χ1v) is 8.26. The average Bonchev–Trinajstić information content (AvgIpc) is 2.51. The van der Waals surface area contributed by atoms with Gasteiger partial charge in [-0.1, -0.05) is 26.2 Å². The van der Waals surface area contributed by atoms with Gasteiger partial charge in [0.15, 0.2) is 0 Å². The SMILES string of the molecule is CC1CCCCCC1NS(=O)(=O)N(C)CCCO. The third kappa shape index (κ3) is 4.84. The summed E-state index contributed by atoms with van der Waals surface area (Å²) in [5, 5.41) is 8.74. The Morgan fingerprint density at radius 3 is 2.61 bits per heavy atom. The lowest BCUT2D eigenvalue weighted by Crippen LogP contribution is -2.46. The summed E-state index contributed by atoms with van der Waals surface area (Å²) in [5.74, 6) is 0.397. The first-order valence-electron chi connectivity index (χ1n) is 6.82. The predicted octanol–water partition coefficient (Wildman–Crippen LogP) is 1.10. The summed E-state index contributed by atoms with van der Waals surface area (Å²) < 4.78 is 28.3. The van der Waals surface area contributed by atoms with Crippen molar-refractivity contribution in [2.45, 2.75) is 51.5 Å². The van der Waals surface area contributed by atoms with E-state index in [0.717, 1.165) is 19.3 Å². The molecule has 0 radical (unpaired) electrons. The standard InChI is InChI=1S/C12H26N2O3S/c1-11-7-4-3-5-8-12(11)13-18(16,17)14(2)9-6-10-15/h11-13,15H,3-10H2,1-2H3. The van der Waals surface area contributed by atoms with Crippen LogP contribution in [0.1, 0.15) is 45.4 Å². The van der Waals surface area contributed by atoms with Crippen molar-refractivity contribution in [2.24, 2.45) is 5.92 Å². The van der Waals surface area contributed by atoms with Gasteiger partial charge in [0.2, 0.25) is 0 Å². The number of nitrogens with one attached hydrogen (secondary N) is 1. The Morgan fingerprint density at radius 1 is 1.28 bits per heavy atom. The van der Waals surface area contributed by atoms with E-state index >= 15 is 0 Å². The largest absolute Gasteiger partial charge is 0.396 e. The van der Waals surface area contributed by atoms with Crippen LogP contribution >= 0.6 is 0 Å². The third-order valence-corrected chi connectivity index (χ3v) is 5.31. The van der Waals surface area contributed by atoms with Crippen LogP contribution in [0.5, 0.6) is 0 Å². The second kappa shape index (κ2) is 7.43. The van der Waals surface area contributed by atoms with Gasteiger partial charge in [0.05, 0.1) is 0 Å². The van der Waals surface area contributed by atoms with Crippen LogP contribution in [0.25, 0.3) is 0 Å². The second-order valence-electron chi connectivity index (χ2n) is 5.24. The van der Waals surface area contributed by atoms with Crippen LogP contribution in [0.15, 0.2) is 0 Å². The molecule has 2 atom stereocenters. The van der Waals surface area contributed by atoms with E-state index in [1.165, 1.54) is 17.1 Å². The summed E-state index contributed by atoms with van der Waals surface area (Å²) >= 11 is 0. The highest BCUT2D eigenvalue weighted by Crippen LogP contribution is 2.23. The number of hydrogen-bond donors (Lipinski definition) is 2. The molecule has 0 aromatic carbocycles. The number of nitrogens with zero attached hydrogens (tertiary/aromatic N) is 1. The first-order chi connectivity index (χ1) is 8.47. The Balaban J connectivity index is 2.57. The van der Waals surface area contributed by atoms with Crippen molar-refractivity contribution < 1.29 is 13.5 Å². The van der Waals surface area contributed by atoms with E-state index < -0.39 is 10.2 Å². The van der Waals surface area contributed by atoms with Crippen molar-refractivity contribution >= 4 is 10.2 Å². The minimum Gasteiger partial charge on any atom is -0.396 e. The Bertz CT molecular complexity index is 332. The molecule has 18 heavy (non-hydrogen) atoms. The first kappa shape index (κ1) is 15.9. The maximum atomic E-state index is 12.1. The van der Waals surface area contributed by atoms with Crippen molar-refractivity contribution in [1.29, 1.82) is 0 Å². The minimum atomic E-state index is -3.41. The van der Waals surface area contributed by atoms with E-state index in [0.29, 0.717) is 18.9 Å². The molecule has 0 aliphatic heterocycles. The predicted molar refractivity (Wildman–Crippen MR) is 72.4 cm³/mol. The van der Waals surface area contributed by atoms with Crippen LogP contribution in [-0.2, 0) is 10.2 Å². The van der Waals surface area contributed by atoms with Gasteiger partial charge in [-0.25, -0.2) is 0 Å². The van der Waals surface area contributed by atoms with E-state index in [1.807, 2.05) is 0 Å². The van der Waals surface area contributed by atoms with Crippen LogP contribution in [-0.4, -0.2) is 44.1 Å². The van der Waals surface area contributed by atoms with Gasteiger partial charge in [0, 0.05) is 26.2 Å². The van der Waals surface area contributed by atoms with Crippen molar-refractivity contribution in [3.63, 3.8) is 0 Å². The molecule has 0 bridgehead atoms. The number of aliphatic hydroxyl groups excluding tert-OH is 1. The second-order valence-corrected chi connectivity index (χ2v) is 7.05. The molecule has 2 N–H and O–H groups in total. The summed E-state index contributed by atoms with van der Waals surface area (Å²) in [6.45, 7) is 2.48. The molecule has 0 heterocycles. The van der Waals surface area contributed by atoms with Crippen LogP contribution in [0.4, 0.5) is 0 Å². The normalized spacial score (nSPS) is 26.2. The van der Waals surface area contributed by atoms with E-state index in [1.54, 1.807) is 7.05 Å². The molecule has 1 saturated carbocycles. The molecule has 1 aliphatic rings. The third-order valence-electron chi connectivity index (χ3n) is 3.70. The highest BCUT2D eigenvalue weighted by Gasteiger charge is 2.26. The van der Waals surface area contributed by atoms with Crippen LogP contribution in [0.2, 0.25) is 0 Å². The molecule has 0 aromatic rings. The van der Waals surface area contributed by atoms with Gasteiger partial charge in [0.1, 0.15) is 0 Å². The fourth-order valence-corrected chi connectivity index (χ4v) is 3.65. The lowest BCUT2D eigenvalue weighted by Gasteiger charge is -2.26. The molecule has 6 heteroatoms. The maximum absolute atomic E-state index is 12.1. The van der Waals surface area contributed by atoms with Crippen molar-refractivity contribution in [3.05, 3.63) is 0 Å². The van der Waals surface area contributed by atoms with Crippen LogP contribution in [0, 0.1) is 5.92 Å². The molecular weight excluding hydrogens is 252 g/mol. The molecule has 1 aliphatic carbocycles. The molecule has 0 amide bonds. The highest BCUT2D eigenvalue weighted by atomic mass is 32.2. The summed E-state index contributed by atoms with van der Waals surface area (Å²) in [6.07, 6.45) is 5.97. The molecule has 0 saturated heterocycles. The quantitative estimate of drug-likeness (QED) is 0.715. The smallest absolute Gasteiger partial charge is 0.279 e. The summed E-state index contributed by atoms with van der Waals surface area (Å²) in [5.41, 5.74) is 0.